The molecule has 1 saturated heterocycles. The number of hydrogen-bond acceptors (Lipinski definition) is 5. The summed E-state index contributed by atoms with van der Waals surface area (Å²) in [6.45, 7) is 2.46. The molecule has 0 spiro atoms. The number of aryl methyl sites for hydroxylation is 1. The first-order valence-electron chi connectivity index (χ1n) is 10.4. The highest BCUT2D eigenvalue weighted by Crippen LogP contribution is 2.31. The van der Waals surface area contributed by atoms with Crippen molar-refractivity contribution in [1.82, 2.24) is 24.1 Å². The average molecular weight is 403 g/mol. The molecule has 0 bridgehead atoms. The van der Waals surface area contributed by atoms with Crippen molar-refractivity contribution in [2.45, 2.75) is 25.5 Å². The Morgan fingerprint density at radius 1 is 1.03 bits per heavy atom. The third kappa shape index (κ3) is 3.20. The molecule has 4 aromatic rings. The number of fused-ring (bicyclic) bond motifs is 3. The molecule has 0 unspecified atom stereocenters. The normalized spacial score (nSPS) is 17.0. The summed E-state index contributed by atoms with van der Waals surface area (Å²) in [4.78, 5) is 15.0. The van der Waals surface area contributed by atoms with Crippen LogP contribution in [0.2, 0.25) is 0 Å². The first-order chi connectivity index (χ1) is 14.6. The van der Waals surface area contributed by atoms with Crippen molar-refractivity contribution in [2.24, 2.45) is 13.0 Å². The van der Waals surface area contributed by atoms with Crippen LogP contribution in [0.4, 0.5) is 0 Å². The minimum absolute atomic E-state index is 0.0623. The van der Waals surface area contributed by atoms with E-state index in [9.17, 15) is 9.90 Å². The maximum atomic E-state index is 12.6. The van der Waals surface area contributed by atoms with Gasteiger partial charge >= 0.3 is 0 Å². The lowest BCUT2D eigenvalue weighted by Gasteiger charge is -2.34. The number of rotatable bonds is 4. The monoisotopic (exact) mass is 403 g/mol. The van der Waals surface area contributed by atoms with Gasteiger partial charge in [0.2, 0.25) is 5.78 Å². The fourth-order valence-electron chi connectivity index (χ4n) is 4.54. The summed E-state index contributed by atoms with van der Waals surface area (Å²) in [5.41, 5.74) is 1.77. The van der Waals surface area contributed by atoms with E-state index in [0.717, 1.165) is 42.8 Å². The Morgan fingerprint density at radius 2 is 1.73 bits per heavy atom. The van der Waals surface area contributed by atoms with E-state index in [0.29, 0.717) is 17.7 Å². The molecule has 2 aromatic carbocycles. The lowest BCUT2D eigenvalue weighted by atomic mass is 9.87. The van der Waals surface area contributed by atoms with Crippen LogP contribution in [0.1, 0.15) is 30.3 Å². The molecule has 1 aliphatic rings. The topological polar surface area (TPSA) is 75.7 Å². The zero-order chi connectivity index (χ0) is 20.7. The number of aliphatic hydroxyl groups is 1. The van der Waals surface area contributed by atoms with Gasteiger partial charge in [0.15, 0.2) is 5.82 Å². The van der Waals surface area contributed by atoms with Crippen LogP contribution in [-0.4, -0.2) is 42.3 Å². The van der Waals surface area contributed by atoms with Crippen molar-refractivity contribution in [3.05, 3.63) is 76.3 Å². The SMILES string of the molecule is Cn1c(=O)c2ccccc2n2c(CN3CCC([C@H](O)c4ccccc4)CC3)nnc12. The Morgan fingerprint density at radius 3 is 2.50 bits per heavy atom. The fourth-order valence-corrected chi connectivity index (χ4v) is 4.54. The first kappa shape index (κ1) is 19.0. The Balaban J connectivity index is 1.37. The van der Waals surface area contributed by atoms with E-state index in [2.05, 4.69) is 15.1 Å². The first-order valence-corrected chi connectivity index (χ1v) is 10.4. The highest BCUT2D eigenvalue weighted by atomic mass is 16.3. The highest BCUT2D eigenvalue weighted by molar-refractivity contribution is 5.80. The van der Waals surface area contributed by atoms with Crippen LogP contribution >= 0.6 is 0 Å². The van der Waals surface area contributed by atoms with Gasteiger partial charge in [-0.25, -0.2) is 0 Å². The second kappa shape index (κ2) is 7.66. The molecular weight excluding hydrogens is 378 g/mol. The number of nitrogens with zero attached hydrogens (tertiary/aromatic N) is 5. The van der Waals surface area contributed by atoms with Crippen molar-refractivity contribution >= 4 is 16.7 Å². The number of aromatic nitrogens is 4. The molecule has 30 heavy (non-hydrogen) atoms. The summed E-state index contributed by atoms with van der Waals surface area (Å²) < 4.78 is 3.54. The predicted octanol–water partition coefficient (Wildman–Crippen LogP) is 2.53. The molecular formula is C23H25N5O2. The van der Waals surface area contributed by atoms with Crippen LogP contribution < -0.4 is 5.56 Å². The quantitative estimate of drug-likeness (QED) is 0.567. The third-order valence-electron chi connectivity index (χ3n) is 6.28. The van der Waals surface area contributed by atoms with Gasteiger partial charge in [-0.15, -0.1) is 10.2 Å². The van der Waals surface area contributed by atoms with Gasteiger partial charge in [0, 0.05) is 7.05 Å². The molecule has 7 nitrogen and oxygen atoms in total. The largest absolute Gasteiger partial charge is 0.388 e. The molecule has 1 atom stereocenters. The summed E-state index contributed by atoms with van der Waals surface area (Å²) in [6.07, 6.45) is 1.46. The number of piperidine rings is 1. The maximum Gasteiger partial charge on any atom is 0.262 e. The second-order valence-electron chi connectivity index (χ2n) is 8.10. The second-order valence-corrected chi connectivity index (χ2v) is 8.10. The number of likely N-dealkylation sites (tertiary alicyclic amines) is 1. The van der Waals surface area contributed by atoms with E-state index in [1.165, 1.54) is 0 Å². The summed E-state index contributed by atoms with van der Waals surface area (Å²) in [6, 6.07) is 17.5. The van der Waals surface area contributed by atoms with E-state index in [-0.39, 0.29) is 11.5 Å². The van der Waals surface area contributed by atoms with Gasteiger partial charge in [-0.2, -0.15) is 0 Å². The number of benzene rings is 2. The van der Waals surface area contributed by atoms with Gasteiger partial charge in [0.25, 0.3) is 5.56 Å². The van der Waals surface area contributed by atoms with Gasteiger partial charge in [-0.3, -0.25) is 18.7 Å². The number of para-hydroxylation sites is 1. The summed E-state index contributed by atoms with van der Waals surface area (Å²) >= 11 is 0. The molecule has 2 aromatic heterocycles. The maximum absolute atomic E-state index is 12.6. The van der Waals surface area contributed by atoms with Crippen LogP contribution in [-0.2, 0) is 13.6 Å². The van der Waals surface area contributed by atoms with Gasteiger partial charge in [-0.05, 0) is 49.5 Å². The van der Waals surface area contributed by atoms with E-state index < -0.39 is 6.10 Å². The highest BCUT2D eigenvalue weighted by Gasteiger charge is 2.27. The van der Waals surface area contributed by atoms with E-state index in [1.807, 2.05) is 59.0 Å². The molecule has 5 rings (SSSR count). The standard InChI is InChI=1S/C23H25N5O2/c1-26-22(30)18-9-5-6-10-19(18)28-20(24-25-23(26)28)15-27-13-11-17(12-14-27)21(29)16-7-3-2-4-8-16/h2-10,17,21,29H,11-15H2,1H3/t21-/m1/s1. The van der Waals surface area contributed by atoms with Crippen LogP contribution in [0.3, 0.4) is 0 Å². The summed E-state index contributed by atoms with van der Waals surface area (Å²) in [7, 11) is 1.74. The molecule has 1 fully saturated rings. The van der Waals surface area contributed by atoms with E-state index in [4.69, 9.17) is 0 Å². The lowest BCUT2D eigenvalue weighted by Crippen LogP contribution is -2.35. The molecule has 0 aliphatic carbocycles. The van der Waals surface area contributed by atoms with Crippen LogP contribution in [0.15, 0.2) is 59.4 Å². The van der Waals surface area contributed by atoms with Gasteiger partial charge in [-0.1, -0.05) is 42.5 Å². The Hall–Kier alpha value is -3.03. The molecule has 154 valence electrons. The van der Waals surface area contributed by atoms with Gasteiger partial charge in [0.05, 0.1) is 23.6 Å². The molecule has 0 saturated carbocycles. The summed E-state index contributed by atoms with van der Waals surface area (Å²) in [5.74, 6) is 1.65. The minimum atomic E-state index is -0.416. The van der Waals surface area contributed by atoms with Crippen LogP contribution in [0.25, 0.3) is 16.7 Å². The zero-order valence-corrected chi connectivity index (χ0v) is 17.0. The molecule has 1 N–H and O–H groups in total. The van der Waals surface area contributed by atoms with Gasteiger partial charge in [0.1, 0.15) is 0 Å². The molecule has 1 aliphatic heterocycles. The van der Waals surface area contributed by atoms with Crippen LogP contribution in [0.5, 0.6) is 0 Å². The molecule has 0 amide bonds. The predicted molar refractivity (Wildman–Crippen MR) is 115 cm³/mol. The third-order valence-corrected chi connectivity index (χ3v) is 6.28. The minimum Gasteiger partial charge on any atom is -0.388 e. The van der Waals surface area contributed by atoms with Gasteiger partial charge < -0.3 is 5.11 Å². The number of aliphatic hydroxyl groups excluding tert-OH is 1. The van der Waals surface area contributed by atoms with E-state index in [1.54, 1.807) is 11.6 Å². The van der Waals surface area contributed by atoms with Crippen molar-refractivity contribution in [3.8, 4) is 0 Å². The smallest absolute Gasteiger partial charge is 0.262 e. The van der Waals surface area contributed by atoms with Crippen molar-refractivity contribution in [1.29, 1.82) is 0 Å². The molecule has 7 heteroatoms. The Bertz CT molecular complexity index is 1240. The van der Waals surface area contributed by atoms with Crippen molar-refractivity contribution in [2.75, 3.05) is 13.1 Å². The fraction of sp³-hybridized carbons (Fsp3) is 0.348. The van der Waals surface area contributed by atoms with Crippen molar-refractivity contribution < 1.29 is 5.11 Å². The van der Waals surface area contributed by atoms with E-state index >= 15 is 0 Å². The summed E-state index contributed by atoms with van der Waals surface area (Å²) in [5, 5.41) is 20.1. The Labute approximate surface area is 174 Å². The zero-order valence-electron chi connectivity index (χ0n) is 17.0. The number of hydrogen-bond donors (Lipinski definition) is 1. The van der Waals surface area contributed by atoms with Crippen molar-refractivity contribution in [3.63, 3.8) is 0 Å². The molecule has 3 heterocycles. The Kier molecular flexibility index (Phi) is 4.84. The lowest BCUT2D eigenvalue weighted by molar-refractivity contribution is 0.0560. The van der Waals surface area contributed by atoms with Crippen LogP contribution in [0, 0.1) is 5.92 Å². The molecule has 0 radical (unpaired) electrons. The average Bonchev–Trinajstić information content (AvgIpc) is 3.22.